The minimum absolute atomic E-state index is 0.0679. The molecule has 2 N–H and O–H groups in total. The summed E-state index contributed by atoms with van der Waals surface area (Å²) in [4.78, 5) is 29.0. The lowest BCUT2D eigenvalue weighted by molar-refractivity contribution is -0.143. The molecule has 3 rings (SSSR count). The summed E-state index contributed by atoms with van der Waals surface area (Å²) in [6, 6.07) is 9.76. The van der Waals surface area contributed by atoms with Crippen LogP contribution in [0.3, 0.4) is 0 Å². The van der Waals surface area contributed by atoms with Crippen LogP contribution < -0.4 is 9.94 Å². The van der Waals surface area contributed by atoms with Crippen molar-refractivity contribution < 1.29 is 31.2 Å². The maximum Gasteiger partial charge on any atom is 0.326 e. The molecule has 0 bridgehead atoms. The number of amides is 1. The van der Waals surface area contributed by atoms with Gasteiger partial charge in [0.2, 0.25) is 10.0 Å². The topological polar surface area (TPSA) is 155 Å². The van der Waals surface area contributed by atoms with Crippen LogP contribution in [-0.2, 0) is 35.9 Å². The third-order valence-corrected chi connectivity index (χ3v) is 8.34. The Hall–Kier alpha value is -2.87. The van der Waals surface area contributed by atoms with Crippen molar-refractivity contribution >= 4 is 53.3 Å². The average Bonchev–Trinajstić information content (AvgIpc) is 3.09. The molecule has 0 aliphatic carbocycles. The first kappa shape index (κ1) is 24.8. The van der Waals surface area contributed by atoms with Crippen molar-refractivity contribution in [2.45, 2.75) is 30.2 Å². The van der Waals surface area contributed by atoms with Gasteiger partial charge < -0.3 is 9.30 Å². The van der Waals surface area contributed by atoms with E-state index in [0.717, 1.165) is 11.3 Å². The van der Waals surface area contributed by atoms with E-state index < -0.39 is 31.7 Å². The van der Waals surface area contributed by atoms with Gasteiger partial charge in [0.15, 0.2) is 14.6 Å². The minimum Gasteiger partial charge on any atom is -0.465 e. The summed E-state index contributed by atoms with van der Waals surface area (Å²) in [5.41, 5.74) is 0.325. The van der Waals surface area contributed by atoms with Crippen LogP contribution in [0.4, 0.5) is 0 Å². The number of esters is 1. The lowest BCUT2D eigenvalue weighted by atomic mass is 10.2. The Morgan fingerprint density at radius 3 is 2.42 bits per heavy atom. The molecule has 0 radical (unpaired) electrons. The van der Waals surface area contributed by atoms with Gasteiger partial charge in [0.05, 0.1) is 37.9 Å². The van der Waals surface area contributed by atoms with Gasteiger partial charge in [-0.3, -0.25) is 9.59 Å². The third-order valence-electron chi connectivity index (χ3n) is 4.61. The van der Waals surface area contributed by atoms with Gasteiger partial charge in [0, 0.05) is 0 Å². The highest BCUT2D eigenvalue weighted by atomic mass is 32.2. The van der Waals surface area contributed by atoms with E-state index in [1.165, 1.54) is 54.0 Å². The second-order valence-corrected chi connectivity index (χ2v) is 11.6. The van der Waals surface area contributed by atoms with Crippen molar-refractivity contribution in [1.82, 2.24) is 4.57 Å². The molecule has 0 saturated heterocycles. The highest BCUT2D eigenvalue weighted by Crippen LogP contribution is 2.22. The lowest BCUT2D eigenvalue weighted by Crippen LogP contribution is -2.23. The summed E-state index contributed by atoms with van der Waals surface area (Å²) in [5.74, 6) is -1.60. The molecule has 10 nitrogen and oxygen atoms in total. The molecular weight excluding hydrogens is 490 g/mol. The monoisotopic (exact) mass is 511 g/mol. The minimum atomic E-state index is -3.98. The average molecular weight is 512 g/mol. The second-order valence-electron chi connectivity index (χ2n) is 6.77. The molecule has 0 atom stereocenters. The number of aromatic nitrogens is 1. The first-order valence-corrected chi connectivity index (χ1v) is 13.7. The SMILES string of the molecule is CCOC(=O)Cn1c(=NC(=O)c2ccccc2S(=O)(=O)CC)sc2cc(S(N)(=O)=O)ccc21. The predicted octanol–water partition coefficient (Wildman–Crippen LogP) is 1.45. The number of hydrogen-bond acceptors (Lipinski definition) is 8. The van der Waals surface area contributed by atoms with E-state index in [0.29, 0.717) is 10.2 Å². The standard InChI is InChI=1S/C20H21N3O7S3/c1-3-30-18(24)12-23-15-10-9-13(33(21,28)29)11-16(15)31-20(23)22-19(25)14-7-5-6-8-17(14)32(26,27)4-2/h5-11H,3-4,12H2,1-2H3,(H2,21,28,29). The van der Waals surface area contributed by atoms with Crippen LogP contribution in [0.25, 0.3) is 10.2 Å². The third kappa shape index (κ3) is 5.38. The van der Waals surface area contributed by atoms with Gasteiger partial charge in [-0.15, -0.1) is 0 Å². The quantitative estimate of drug-likeness (QED) is 0.471. The molecule has 0 spiro atoms. The Bertz CT molecular complexity index is 1520. The number of hydrogen-bond donors (Lipinski definition) is 1. The summed E-state index contributed by atoms with van der Waals surface area (Å²) in [7, 11) is -7.67. The molecule has 2 aromatic carbocycles. The number of ether oxygens (including phenoxy) is 1. The number of carbonyl (C=O) groups excluding carboxylic acids is 2. The molecule has 1 aromatic heterocycles. The fraction of sp³-hybridized carbons (Fsp3) is 0.250. The summed E-state index contributed by atoms with van der Waals surface area (Å²) in [6.45, 7) is 2.97. The smallest absolute Gasteiger partial charge is 0.326 e. The summed E-state index contributed by atoms with van der Waals surface area (Å²) in [6.07, 6.45) is 0. The van der Waals surface area contributed by atoms with Crippen LogP contribution in [0.1, 0.15) is 24.2 Å². The Balaban J connectivity index is 2.23. The second kappa shape index (κ2) is 9.55. The molecule has 0 saturated carbocycles. The number of thiazole rings is 1. The predicted molar refractivity (Wildman–Crippen MR) is 122 cm³/mol. The Morgan fingerprint density at radius 1 is 1.09 bits per heavy atom. The van der Waals surface area contributed by atoms with E-state index in [2.05, 4.69) is 4.99 Å². The molecule has 176 valence electrons. The maximum absolute atomic E-state index is 13.0. The van der Waals surface area contributed by atoms with Gasteiger partial charge in [-0.2, -0.15) is 4.99 Å². The van der Waals surface area contributed by atoms with Crippen molar-refractivity contribution in [3.05, 3.63) is 52.8 Å². The van der Waals surface area contributed by atoms with E-state index >= 15 is 0 Å². The van der Waals surface area contributed by atoms with Crippen LogP contribution in [-0.4, -0.2) is 45.6 Å². The van der Waals surface area contributed by atoms with Gasteiger partial charge in [0.1, 0.15) is 6.54 Å². The number of benzene rings is 2. The Kier molecular flexibility index (Phi) is 7.17. The van der Waals surface area contributed by atoms with Gasteiger partial charge in [-0.1, -0.05) is 30.4 Å². The highest BCUT2D eigenvalue weighted by molar-refractivity contribution is 7.91. The Morgan fingerprint density at radius 2 is 1.79 bits per heavy atom. The summed E-state index contributed by atoms with van der Waals surface area (Å²) >= 11 is 0.955. The lowest BCUT2D eigenvalue weighted by Gasteiger charge is -2.07. The number of rotatable bonds is 7. The van der Waals surface area contributed by atoms with Crippen LogP contribution in [0.15, 0.2) is 57.2 Å². The van der Waals surface area contributed by atoms with E-state index in [-0.39, 0.29) is 39.1 Å². The summed E-state index contributed by atoms with van der Waals surface area (Å²) < 4.78 is 55.1. The molecular formula is C20H21N3O7S3. The number of nitrogens with zero attached hydrogens (tertiary/aromatic N) is 2. The van der Waals surface area contributed by atoms with Gasteiger partial charge in [-0.25, -0.2) is 22.0 Å². The fourth-order valence-corrected chi connectivity index (χ4v) is 5.79. The van der Waals surface area contributed by atoms with E-state index in [9.17, 15) is 26.4 Å². The number of sulfone groups is 1. The number of carbonyl (C=O) groups is 2. The molecule has 3 aromatic rings. The number of nitrogens with two attached hydrogens (primary N) is 1. The number of primary sulfonamides is 1. The molecule has 13 heteroatoms. The number of sulfonamides is 1. The van der Waals surface area contributed by atoms with Crippen molar-refractivity contribution in [3.63, 3.8) is 0 Å². The zero-order valence-electron chi connectivity index (χ0n) is 17.7. The molecule has 1 heterocycles. The van der Waals surface area contributed by atoms with Gasteiger partial charge >= 0.3 is 5.97 Å². The van der Waals surface area contributed by atoms with Crippen molar-refractivity contribution in [3.8, 4) is 0 Å². The molecule has 33 heavy (non-hydrogen) atoms. The molecule has 0 unspecified atom stereocenters. The van der Waals surface area contributed by atoms with E-state index in [1.54, 1.807) is 6.92 Å². The first-order chi connectivity index (χ1) is 15.5. The molecule has 0 aliphatic heterocycles. The van der Waals surface area contributed by atoms with E-state index in [1.807, 2.05) is 0 Å². The van der Waals surface area contributed by atoms with Crippen LogP contribution in [0.5, 0.6) is 0 Å². The fourth-order valence-electron chi connectivity index (χ4n) is 3.02. The largest absolute Gasteiger partial charge is 0.465 e. The zero-order chi connectivity index (χ0) is 24.4. The van der Waals surface area contributed by atoms with Crippen LogP contribution >= 0.6 is 11.3 Å². The number of fused-ring (bicyclic) bond motifs is 1. The van der Waals surface area contributed by atoms with Gasteiger partial charge in [0.25, 0.3) is 5.91 Å². The van der Waals surface area contributed by atoms with Crippen molar-refractivity contribution in [2.75, 3.05) is 12.4 Å². The van der Waals surface area contributed by atoms with Gasteiger partial charge in [-0.05, 0) is 37.3 Å². The highest BCUT2D eigenvalue weighted by Gasteiger charge is 2.21. The zero-order valence-corrected chi connectivity index (χ0v) is 20.2. The normalized spacial score (nSPS) is 12.8. The first-order valence-electron chi connectivity index (χ1n) is 9.70. The van der Waals surface area contributed by atoms with Crippen molar-refractivity contribution in [1.29, 1.82) is 0 Å². The van der Waals surface area contributed by atoms with Crippen LogP contribution in [0, 0.1) is 0 Å². The summed E-state index contributed by atoms with van der Waals surface area (Å²) in [5, 5.41) is 5.20. The van der Waals surface area contributed by atoms with Crippen LogP contribution in [0.2, 0.25) is 0 Å². The van der Waals surface area contributed by atoms with Crippen molar-refractivity contribution in [2.24, 2.45) is 10.1 Å². The Labute approximate surface area is 194 Å². The molecule has 0 aliphatic rings. The maximum atomic E-state index is 13.0. The van der Waals surface area contributed by atoms with E-state index in [4.69, 9.17) is 9.88 Å². The molecule has 1 amide bonds. The molecule has 0 fully saturated rings.